The highest BCUT2D eigenvalue weighted by atomic mass is 79.9. The van der Waals surface area contributed by atoms with Crippen LogP contribution in [-0.2, 0) is 6.54 Å². The van der Waals surface area contributed by atoms with E-state index in [9.17, 15) is 5.11 Å². The Morgan fingerprint density at radius 2 is 2.00 bits per heavy atom. The molecule has 0 spiro atoms. The standard InChI is InChI=1S/C14H22BrNO2/c1-6-14(2,3)16(4)9-10-7-11(15)13(17)12(8-10)18-5/h7-8,17H,6,9H2,1-5H3. The molecule has 1 aromatic carbocycles. The summed E-state index contributed by atoms with van der Waals surface area (Å²) in [6.07, 6.45) is 1.08. The third-order valence-electron chi connectivity index (χ3n) is 3.63. The predicted octanol–water partition coefficient (Wildman–Crippen LogP) is 3.78. The van der Waals surface area contributed by atoms with E-state index >= 15 is 0 Å². The molecule has 0 unspecified atom stereocenters. The highest BCUT2D eigenvalue weighted by Gasteiger charge is 2.21. The summed E-state index contributed by atoms with van der Waals surface area (Å²) in [5.41, 5.74) is 1.26. The van der Waals surface area contributed by atoms with E-state index in [1.807, 2.05) is 12.1 Å². The molecule has 0 aliphatic carbocycles. The average molecular weight is 316 g/mol. The third-order valence-corrected chi connectivity index (χ3v) is 4.23. The molecular formula is C14H22BrNO2. The fraction of sp³-hybridized carbons (Fsp3) is 0.571. The van der Waals surface area contributed by atoms with E-state index in [1.165, 1.54) is 0 Å². The molecule has 0 aliphatic rings. The molecule has 0 saturated carbocycles. The number of hydrogen-bond donors (Lipinski definition) is 1. The van der Waals surface area contributed by atoms with Gasteiger partial charge in [0.25, 0.3) is 0 Å². The molecular weight excluding hydrogens is 294 g/mol. The number of aromatic hydroxyl groups is 1. The second-order valence-corrected chi connectivity index (χ2v) is 6.00. The van der Waals surface area contributed by atoms with Crippen LogP contribution in [0.4, 0.5) is 0 Å². The van der Waals surface area contributed by atoms with Gasteiger partial charge in [0.2, 0.25) is 0 Å². The lowest BCUT2D eigenvalue weighted by Gasteiger charge is -2.35. The van der Waals surface area contributed by atoms with Crippen LogP contribution in [0.15, 0.2) is 16.6 Å². The van der Waals surface area contributed by atoms with E-state index in [0.29, 0.717) is 10.2 Å². The van der Waals surface area contributed by atoms with Gasteiger partial charge in [0.1, 0.15) is 0 Å². The number of phenolic OH excluding ortho intramolecular Hbond substituents is 1. The van der Waals surface area contributed by atoms with Gasteiger partial charge < -0.3 is 9.84 Å². The molecule has 0 radical (unpaired) electrons. The number of hydrogen-bond acceptors (Lipinski definition) is 3. The van der Waals surface area contributed by atoms with Crippen molar-refractivity contribution in [3.8, 4) is 11.5 Å². The molecule has 102 valence electrons. The number of rotatable bonds is 5. The fourth-order valence-electron chi connectivity index (χ4n) is 1.63. The molecule has 0 saturated heterocycles. The second kappa shape index (κ2) is 5.93. The number of methoxy groups -OCH3 is 1. The van der Waals surface area contributed by atoms with Crippen molar-refractivity contribution < 1.29 is 9.84 Å². The van der Waals surface area contributed by atoms with E-state index in [4.69, 9.17) is 4.74 Å². The van der Waals surface area contributed by atoms with Crippen LogP contribution in [0.25, 0.3) is 0 Å². The van der Waals surface area contributed by atoms with E-state index < -0.39 is 0 Å². The maximum atomic E-state index is 9.78. The Labute approximate surface area is 118 Å². The first-order chi connectivity index (χ1) is 8.31. The molecule has 4 heteroatoms. The molecule has 1 N–H and O–H groups in total. The number of benzene rings is 1. The highest BCUT2D eigenvalue weighted by Crippen LogP contribution is 2.35. The first kappa shape index (κ1) is 15.3. The topological polar surface area (TPSA) is 32.7 Å². The van der Waals surface area contributed by atoms with Crippen LogP contribution in [-0.4, -0.2) is 29.7 Å². The zero-order valence-corrected chi connectivity index (χ0v) is 13.3. The first-order valence-electron chi connectivity index (χ1n) is 6.08. The number of phenols is 1. The molecule has 0 fully saturated rings. The van der Waals surface area contributed by atoms with Gasteiger partial charge in [-0.3, -0.25) is 4.90 Å². The zero-order chi connectivity index (χ0) is 13.9. The van der Waals surface area contributed by atoms with Crippen LogP contribution in [0.5, 0.6) is 11.5 Å². The molecule has 1 rings (SSSR count). The Balaban J connectivity index is 2.95. The summed E-state index contributed by atoms with van der Waals surface area (Å²) < 4.78 is 5.83. The lowest BCUT2D eigenvalue weighted by atomic mass is 9.99. The van der Waals surface area contributed by atoms with Crippen molar-refractivity contribution in [1.82, 2.24) is 4.90 Å². The van der Waals surface area contributed by atoms with Gasteiger partial charge in [-0.25, -0.2) is 0 Å². The van der Waals surface area contributed by atoms with E-state index in [0.717, 1.165) is 18.5 Å². The van der Waals surface area contributed by atoms with E-state index in [1.54, 1.807) is 7.11 Å². The minimum Gasteiger partial charge on any atom is -0.503 e. The largest absolute Gasteiger partial charge is 0.503 e. The van der Waals surface area contributed by atoms with Crippen LogP contribution in [0, 0.1) is 0 Å². The van der Waals surface area contributed by atoms with Crippen molar-refractivity contribution in [2.45, 2.75) is 39.3 Å². The highest BCUT2D eigenvalue weighted by molar-refractivity contribution is 9.10. The van der Waals surface area contributed by atoms with Crippen molar-refractivity contribution in [3.05, 3.63) is 22.2 Å². The van der Waals surface area contributed by atoms with Gasteiger partial charge in [0.15, 0.2) is 11.5 Å². The van der Waals surface area contributed by atoms with Crippen molar-refractivity contribution in [2.24, 2.45) is 0 Å². The molecule has 3 nitrogen and oxygen atoms in total. The van der Waals surface area contributed by atoms with Gasteiger partial charge >= 0.3 is 0 Å². The number of halogens is 1. The Morgan fingerprint density at radius 1 is 1.39 bits per heavy atom. The lowest BCUT2D eigenvalue weighted by Crippen LogP contribution is -2.39. The van der Waals surface area contributed by atoms with Crippen molar-refractivity contribution >= 4 is 15.9 Å². The minimum absolute atomic E-state index is 0.150. The van der Waals surface area contributed by atoms with Crippen molar-refractivity contribution in [2.75, 3.05) is 14.2 Å². The maximum absolute atomic E-state index is 9.78. The number of nitrogens with zero attached hydrogens (tertiary/aromatic N) is 1. The van der Waals surface area contributed by atoms with Crippen LogP contribution >= 0.6 is 15.9 Å². The van der Waals surface area contributed by atoms with Gasteiger partial charge in [-0.15, -0.1) is 0 Å². The summed E-state index contributed by atoms with van der Waals surface area (Å²) in [5.74, 6) is 0.653. The maximum Gasteiger partial charge on any atom is 0.172 e. The quantitative estimate of drug-likeness (QED) is 0.897. The van der Waals surface area contributed by atoms with Crippen LogP contribution in [0.1, 0.15) is 32.8 Å². The summed E-state index contributed by atoms with van der Waals surface area (Å²) in [7, 11) is 3.67. The second-order valence-electron chi connectivity index (χ2n) is 5.15. The monoisotopic (exact) mass is 315 g/mol. The molecule has 18 heavy (non-hydrogen) atoms. The zero-order valence-electron chi connectivity index (χ0n) is 11.7. The van der Waals surface area contributed by atoms with Gasteiger partial charge in [-0.2, -0.15) is 0 Å². The Morgan fingerprint density at radius 3 is 2.50 bits per heavy atom. The van der Waals surface area contributed by atoms with Gasteiger partial charge in [-0.1, -0.05) is 6.92 Å². The Kier molecular flexibility index (Phi) is 5.05. The predicted molar refractivity (Wildman–Crippen MR) is 78.2 cm³/mol. The SMILES string of the molecule is CCC(C)(C)N(C)Cc1cc(Br)c(O)c(OC)c1. The van der Waals surface area contributed by atoms with E-state index in [2.05, 4.69) is 48.6 Å². The molecule has 0 aromatic heterocycles. The van der Waals surface area contributed by atoms with Gasteiger partial charge in [0, 0.05) is 12.1 Å². The number of ether oxygens (including phenoxy) is 1. The Hall–Kier alpha value is -0.740. The van der Waals surface area contributed by atoms with Gasteiger partial charge in [0.05, 0.1) is 11.6 Å². The van der Waals surface area contributed by atoms with Gasteiger partial charge in [-0.05, 0) is 60.9 Å². The van der Waals surface area contributed by atoms with Crippen LogP contribution in [0.3, 0.4) is 0 Å². The Bertz CT molecular complexity index is 419. The van der Waals surface area contributed by atoms with Crippen molar-refractivity contribution in [1.29, 1.82) is 0 Å². The normalized spacial score (nSPS) is 11.9. The summed E-state index contributed by atoms with van der Waals surface area (Å²) >= 11 is 3.35. The average Bonchev–Trinajstić information content (AvgIpc) is 2.33. The molecule has 1 aromatic rings. The van der Waals surface area contributed by atoms with Crippen LogP contribution in [0.2, 0.25) is 0 Å². The summed E-state index contributed by atoms with van der Waals surface area (Å²) in [6, 6.07) is 3.81. The smallest absolute Gasteiger partial charge is 0.172 e. The van der Waals surface area contributed by atoms with Crippen LogP contribution < -0.4 is 4.74 Å². The molecule has 0 aliphatic heterocycles. The molecule has 0 amide bonds. The molecule has 0 bridgehead atoms. The fourth-order valence-corrected chi connectivity index (χ4v) is 2.12. The summed E-state index contributed by atoms with van der Waals surface area (Å²) in [6.45, 7) is 7.44. The summed E-state index contributed by atoms with van der Waals surface area (Å²) in [4.78, 5) is 2.30. The minimum atomic E-state index is 0.150. The van der Waals surface area contributed by atoms with E-state index in [-0.39, 0.29) is 11.3 Å². The third kappa shape index (κ3) is 3.39. The first-order valence-corrected chi connectivity index (χ1v) is 6.87. The van der Waals surface area contributed by atoms with Crippen molar-refractivity contribution in [3.63, 3.8) is 0 Å². The molecule has 0 atom stereocenters. The summed E-state index contributed by atoms with van der Waals surface area (Å²) in [5, 5.41) is 9.78. The lowest BCUT2D eigenvalue weighted by molar-refractivity contribution is 0.143. The molecule has 0 heterocycles.